The molecule has 2 amide bonds. The van der Waals surface area contributed by atoms with Gasteiger partial charge < -0.3 is 13.9 Å². The van der Waals surface area contributed by atoms with E-state index in [1.165, 1.54) is 4.90 Å². The highest BCUT2D eigenvalue weighted by Crippen LogP contribution is 2.35. The lowest BCUT2D eigenvalue weighted by Gasteiger charge is -2.17. The highest BCUT2D eigenvalue weighted by molar-refractivity contribution is 8.18. The van der Waals surface area contributed by atoms with Gasteiger partial charge in [0.2, 0.25) is 0 Å². The van der Waals surface area contributed by atoms with E-state index in [1.807, 2.05) is 25.1 Å². The van der Waals surface area contributed by atoms with Gasteiger partial charge in [-0.05, 0) is 72.1 Å². The fourth-order valence-corrected chi connectivity index (χ4v) is 4.82. The van der Waals surface area contributed by atoms with Crippen LogP contribution in [0.5, 0.6) is 11.5 Å². The van der Waals surface area contributed by atoms with Crippen molar-refractivity contribution in [1.82, 2.24) is 4.90 Å². The molecule has 35 heavy (non-hydrogen) atoms. The number of hydrogen-bond donors (Lipinski definition) is 0. The monoisotopic (exact) mass is 511 g/mol. The molecule has 1 saturated heterocycles. The fourth-order valence-electron chi connectivity index (χ4n) is 3.72. The molecular formula is C27H26ClNO5S. The van der Waals surface area contributed by atoms with Crippen LogP contribution in [0.15, 0.2) is 57.9 Å². The lowest BCUT2D eigenvalue weighted by molar-refractivity contribution is -0.123. The average molecular weight is 512 g/mol. The summed E-state index contributed by atoms with van der Waals surface area (Å²) in [5.74, 6) is 2.36. The van der Waals surface area contributed by atoms with Crippen LogP contribution in [0.25, 0.3) is 17.4 Å². The highest BCUT2D eigenvalue weighted by Gasteiger charge is 2.35. The number of benzene rings is 2. The molecule has 1 fully saturated rings. The zero-order chi connectivity index (χ0) is 25.1. The number of ether oxygens (including phenoxy) is 2. The smallest absolute Gasteiger partial charge is 0.293 e. The van der Waals surface area contributed by atoms with Crippen molar-refractivity contribution < 1.29 is 23.5 Å². The predicted molar refractivity (Wildman–Crippen MR) is 139 cm³/mol. The molecule has 0 unspecified atom stereocenters. The molecule has 0 bridgehead atoms. The zero-order valence-electron chi connectivity index (χ0n) is 20.0. The topological polar surface area (TPSA) is 69.0 Å². The number of hydrogen-bond acceptors (Lipinski definition) is 6. The third-order valence-electron chi connectivity index (χ3n) is 5.57. The van der Waals surface area contributed by atoms with Crippen LogP contribution in [0, 0.1) is 6.92 Å². The molecule has 0 aliphatic carbocycles. The number of halogens is 1. The molecule has 1 aliphatic heterocycles. The Kier molecular flexibility index (Phi) is 7.57. The predicted octanol–water partition coefficient (Wildman–Crippen LogP) is 7.16. The average Bonchev–Trinajstić information content (AvgIpc) is 3.39. The van der Waals surface area contributed by atoms with Crippen LogP contribution in [0.1, 0.15) is 36.7 Å². The summed E-state index contributed by atoms with van der Waals surface area (Å²) in [6.07, 6.45) is 1.58. The van der Waals surface area contributed by atoms with Crippen LogP contribution in [0.3, 0.4) is 0 Å². The number of nitrogens with zero attached hydrogens (tertiary/aromatic N) is 1. The zero-order valence-corrected chi connectivity index (χ0v) is 21.5. The van der Waals surface area contributed by atoms with Crippen LogP contribution in [0.4, 0.5) is 4.79 Å². The van der Waals surface area contributed by atoms with Gasteiger partial charge in [0, 0.05) is 11.6 Å². The highest BCUT2D eigenvalue weighted by atomic mass is 35.5. The van der Waals surface area contributed by atoms with Crippen LogP contribution in [-0.4, -0.2) is 36.3 Å². The maximum Gasteiger partial charge on any atom is 0.293 e. The number of rotatable bonds is 8. The number of amides is 2. The van der Waals surface area contributed by atoms with Crippen molar-refractivity contribution in [2.24, 2.45) is 0 Å². The third-order valence-corrected chi connectivity index (χ3v) is 6.78. The molecular weight excluding hydrogens is 486 g/mol. The molecule has 1 aliphatic rings. The first-order valence-corrected chi connectivity index (χ1v) is 12.4. The lowest BCUT2D eigenvalue weighted by Crippen LogP contribution is -2.32. The fraction of sp³-hybridized carbons (Fsp3) is 0.259. The van der Waals surface area contributed by atoms with E-state index in [1.54, 1.807) is 37.5 Å². The van der Waals surface area contributed by atoms with Crippen molar-refractivity contribution in [3.63, 3.8) is 0 Å². The van der Waals surface area contributed by atoms with E-state index >= 15 is 0 Å². The summed E-state index contributed by atoms with van der Waals surface area (Å²) in [7, 11) is 1.55. The summed E-state index contributed by atoms with van der Waals surface area (Å²) in [4.78, 5) is 26.9. The Morgan fingerprint density at radius 3 is 2.60 bits per heavy atom. The van der Waals surface area contributed by atoms with Crippen LogP contribution >= 0.6 is 23.4 Å². The SMILES string of the molecule is COc1ccc(-c2ccc(/C=C3\SC(=O)N(CCOc4cc(C)ccc4C(C)C)C3=O)o2)cc1Cl. The van der Waals surface area contributed by atoms with Gasteiger partial charge in [-0.1, -0.05) is 37.6 Å². The maximum atomic E-state index is 12.9. The largest absolute Gasteiger partial charge is 0.495 e. The first-order chi connectivity index (χ1) is 16.8. The van der Waals surface area contributed by atoms with Crippen molar-refractivity contribution >= 4 is 40.6 Å². The second-order valence-corrected chi connectivity index (χ2v) is 9.83. The van der Waals surface area contributed by atoms with Gasteiger partial charge in [0.25, 0.3) is 11.1 Å². The van der Waals surface area contributed by atoms with E-state index in [2.05, 4.69) is 19.9 Å². The molecule has 3 aromatic rings. The summed E-state index contributed by atoms with van der Waals surface area (Å²) < 4.78 is 17.0. The van der Waals surface area contributed by atoms with Crippen molar-refractivity contribution in [3.05, 3.63) is 75.3 Å². The minimum atomic E-state index is -0.359. The molecule has 2 heterocycles. The lowest BCUT2D eigenvalue weighted by atomic mass is 10.0. The van der Waals surface area contributed by atoms with E-state index in [4.69, 9.17) is 25.5 Å². The molecule has 2 aromatic carbocycles. The Balaban J connectivity index is 1.42. The van der Waals surface area contributed by atoms with E-state index in [0.29, 0.717) is 33.1 Å². The molecule has 4 rings (SSSR count). The Labute approximate surface area is 213 Å². The van der Waals surface area contributed by atoms with Gasteiger partial charge in [-0.2, -0.15) is 0 Å². The van der Waals surface area contributed by atoms with Gasteiger partial charge in [-0.25, -0.2) is 0 Å². The third kappa shape index (κ3) is 5.57. The van der Waals surface area contributed by atoms with Gasteiger partial charge in [0.15, 0.2) is 0 Å². The number of carbonyl (C=O) groups excluding carboxylic acids is 2. The van der Waals surface area contributed by atoms with E-state index in [9.17, 15) is 9.59 Å². The van der Waals surface area contributed by atoms with Gasteiger partial charge in [-0.3, -0.25) is 14.5 Å². The van der Waals surface area contributed by atoms with Crippen molar-refractivity contribution in [1.29, 1.82) is 0 Å². The van der Waals surface area contributed by atoms with Gasteiger partial charge in [0.05, 0.1) is 23.6 Å². The summed E-state index contributed by atoms with van der Waals surface area (Å²) in [5.41, 5.74) is 2.96. The quantitative estimate of drug-likeness (QED) is 0.299. The first kappa shape index (κ1) is 24.9. The summed E-state index contributed by atoms with van der Waals surface area (Å²) in [6, 6.07) is 15.0. The molecule has 0 saturated carbocycles. The molecule has 0 spiro atoms. The molecule has 0 atom stereocenters. The van der Waals surface area contributed by atoms with Crippen LogP contribution in [0.2, 0.25) is 5.02 Å². The Bertz CT molecular complexity index is 1300. The Morgan fingerprint density at radius 1 is 1.09 bits per heavy atom. The molecule has 6 nitrogen and oxygen atoms in total. The standard InChI is InChI=1S/C27H26ClNO5S/c1-16(2)20-8-5-17(3)13-24(20)33-12-11-29-26(30)25(35-27(29)31)15-19-7-10-22(34-19)18-6-9-23(32-4)21(28)14-18/h5-10,13-16H,11-12H2,1-4H3/b25-15-. The number of imide groups is 1. The molecule has 1 aromatic heterocycles. The van der Waals surface area contributed by atoms with Gasteiger partial charge in [-0.15, -0.1) is 0 Å². The first-order valence-electron chi connectivity index (χ1n) is 11.2. The number of methoxy groups -OCH3 is 1. The Morgan fingerprint density at radius 2 is 1.89 bits per heavy atom. The minimum Gasteiger partial charge on any atom is -0.495 e. The molecule has 8 heteroatoms. The number of furan rings is 1. The molecule has 182 valence electrons. The molecule has 0 radical (unpaired) electrons. The molecule has 0 N–H and O–H groups in total. The number of carbonyl (C=O) groups is 2. The summed E-state index contributed by atoms with van der Waals surface area (Å²) >= 11 is 7.10. The van der Waals surface area contributed by atoms with Crippen LogP contribution < -0.4 is 9.47 Å². The maximum absolute atomic E-state index is 12.9. The van der Waals surface area contributed by atoms with E-state index < -0.39 is 0 Å². The second kappa shape index (κ2) is 10.6. The normalized spacial score (nSPS) is 14.9. The number of thioether (sulfide) groups is 1. The Hall–Kier alpha value is -3.16. The summed E-state index contributed by atoms with van der Waals surface area (Å²) in [6.45, 7) is 6.59. The van der Waals surface area contributed by atoms with Crippen molar-refractivity contribution in [3.8, 4) is 22.8 Å². The van der Waals surface area contributed by atoms with Gasteiger partial charge >= 0.3 is 0 Å². The van der Waals surface area contributed by atoms with Crippen molar-refractivity contribution in [2.45, 2.75) is 26.7 Å². The van der Waals surface area contributed by atoms with Crippen molar-refractivity contribution in [2.75, 3.05) is 20.3 Å². The second-order valence-electron chi connectivity index (χ2n) is 8.43. The minimum absolute atomic E-state index is 0.168. The number of aryl methyl sites for hydroxylation is 1. The van der Waals surface area contributed by atoms with Crippen LogP contribution in [-0.2, 0) is 4.79 Å². The van der Waals surface area contributed by atoms with E-state index in [-0.39, 0.29) is 24.3 Å². The summed E-state index contributed by atoms with van der Waals surface area (Å²) in [5, 5.41) is 0.143. The van der Waals surface area contributed by atoms with E-state index in [0.717, 1.165) is 34.2 Å². The van der Waals surface area contributed by atoms with Gasteiger partial charge in [0.1, 0.15) is 29.6 Å².